The first-order valence-corrected chi connectivity index (χ1v) is 10.2. The first-order valence-electron chi connectivity index (χ1n) is 10.2. The third-order valence-corrected chi connectivity index (χ3v) is 7.02. The van der Waals surface area contributed by atoms with E-state index in [1.807, 2.05) is 0 Å². The molecule has 0 spiro atoms. The SMILES string of the molecule is CCc1ccc(C(C)NC(=O)NCC23CC4CC(CC(C4)C2)C3)cc1. The van der Waals surface area contributed by atoms with Gasteiger partial charge in [-0.25, -0.2) is 4.79 Å². The van der Waals surface area contributed by atoms with Gasteiger partial charge in [-0.2, -0.15) is 0 Å². The zero-order chi connectivity index (χ0) is 17.4. The molecule has 1 atom stereocenters. The van der Waals surface area contributed by atoms with Crippen LogP contribution in [0, 0.1) is 23.2 Å². The molecular formula is C22H32N2O. The van der Waals surface area contributed by atoms with Gasteiger partial charge in [0, 0.05) is 6.54 Å². The summed E-state index contributed by atoms with van der Waals surface area (Å²) in [6, 6.07) is 8.60. The molecule has 4 aliphatic rings. The minimum absolute atomic E-state index is 0.0113. The Morgan fingerprint density at radius 3 is 2.16 bits per heavy atom. The molecule has 5 rings (SSSR count). The van der Waals surface area contributed by atoms with Crippen molar-refractivity contribution in [2.24, 2.45) is 23.2 Å². The molecule has 0 aromatic heterocycles. The Hall–Kier alpha value is -1.51. The van der Waals surface area contributed by atoms with E-state index in [-0.39, 0.29) is 12.1 Å². The van der Waals surface area contributed by atoms with Crippen LogP contribution in [0.2, 0.25) is 0 Å². The summed E-state index contributed by atoms with van der Waals surface area (Å²) in [5, 5.41) is 6.33. The molecule has 1 unspecified atom stereocenters. The molecule has 4 bridgehead atoms. The summed E-state index contributed by atoms with van der Waals surface area (Å²) in [6.45, 7) is 5.09. The number of urea groups is 1. The molecule has 4 fully saturated rings. The van der Waals surface area contributed by atoms with E-state index in [9.17, 15) is 4.79 Å². The van der Waals surface area contributed by atoms with Crippen molar-refractivity contribution in [1.82, 2.24) is 10.6 Å². The molecule has 3 heteroatoms. The van der Waals surface area contributed by atoms with Crippen LogP contribution in [-0.2, 0) is 6.42 Å². The molecule has 2 N–H and O–H groups in total. The third-order valence-electron chi connectivity index (χ3n) is 7.02. The van der Waals surface area contributed by atoms with E-state index in [4.69, 9.17) is 0 Å². The Labute approximate surface area is 152 Å². The monoisotopic (exact) mass is 340 g/mol. The van der Waals surface area contributed by atoms with Gasteiger partial charge in [-0.15, -0.1) is 0 Å². The molecule has 25 heavy (non-hydrogen) atoms. The Morgan fingerprint density at radius 2 is 1.64 bits per heavy atom. The summed E-state index contributed by atoms with van der Waals surface area (Å²) < 4.78 is 0. The number of hydrogen-bond donors (Lipinski definition) is 2. The smallest absolute Gasteiger partial charge is 0.315 e. The summed E-state index contributed by atoms with van der Waals surface area (Å²) >= 11 is 0. The van der Waals surface area contributed by atoms with Crippen LogP contribution in [0.1, 0.15) is 69.5 Å². The van der Waals surface area contributed by atoms with Crippen LogP contribution in [0.5, 0.6) is 0 Å². The van der Waals surface area contributed by atoms with Crippen molar-refractivity contribution in [1.29, 1.82) is 0 Å². The van der Waals surface area contributed by atoms with Gasteiger partial charge < -0.3 is 10.6 Å². The number of benzene rings is 1. The van der Waals surface area contributed by atoms with Crippen molar-refractivity contribution in [3.63, 3.8) is 0 Å². The van der Waals surface area contributed by atoms with E-state index in [1.54, 1.807) is 0 Å². The van der Waals surface area contributed by atoms with Crippen molar-refractivity contribution in [2.75, 3.05) is 6.54 Å². The first kappa shape index (κ1) is 16.9. The van der Waals surface area contributed by atoms with Crippen molar-refractivity contribution in [3.05, 3.63) is 35.4 Å². The highest BCUT2D eigenvalue weighted by Crippen LogP contribution is 2.59. The number of aryl methyl sites for hydroxylation is 1. The lowest BCUT2D eigenvalue weighted by atomic mass is 9.49. The van der Waals surface area contributed by atoms with E-state index in [1.165, 1.54) is 49.7 Å². The molecule has 136 valence electrons. The topological polar surface area (TPSA) is 41.1 Å². The molecule has 0 saturated heterocycles. The van der Waals surface area contributed by atoms with Crippen molar-refractivity contribution in [2.45, 2.75) is 64.8 Å². The summed E-state index contributed by atoms with van der Waals surface area (Å²) in [7, 11) is 0. The highest BCUT2D eigenvalue weighted by molar-refractivity contribution is 5.74. The van der Waals surface area contributed by atoms with Crippen molar-refractivity contribution in [3.8, 4) is 0 Å². The number of carbonyl (C=O) groups is 1. The highest BCUT2D eigenvalue weighted by atomic mass is 16.2. The van der Waals surface area contributed by atoms with Gasteiger partial charge in [-0.3, -0.25) is 0 Å². The van der Waals surface area contributed by atoms with Gasteiger partial charge in [0.15, 0.2) is 0 Å². The number of nitrogens with one attached hydrogen (secondary N) is 2. The van der Waals surface area contributed by atoms with Crippen LogP contribution in [0.3, 0.4) is 0 Å². The second-order valence-corrected chi connectivity index (χ2v) is 9.06. The molecular weight excluding hydrogens is 308 g/mol. The van der Waals surface area contributed by atoms with Gasteiger partial charge in [-0.1, -0.05) is 31.2 Å². The minimum Gasteiger partial charge on any atom is -0.338 e. The lowest BCUT2D eigenvalue weighted by Crippen LogP contribution is -2.52. The van der Waals surface area contributed by atoms with E-state index in [2.05, 4.69) is 48.7 Å². The Bertz CT molecular complexity index is 586. The molecule has 2 amide bonds. The quantitative estimate of drug-likeness (QED) is 0.792. The van der Waals surface area contributed by atoms with Gasteiger partial charge in [0.25, 0.3) is 0 Å². The number of amides is 2. The number of hydrogen-bond acceptors (Lipinski definition) is 1. The highest BCUT2D eigenvalue weighted by Gasteiger charge is 2.50. The zero-order valence-electron chi connectivity index (χ0n) is 15.7. The van der Waals surface area contributed by atoms with Gasteiger partial charge in [0.1, 0.15) is 0 Å². The fourth-order valence-electron chi connectivity index (χ4n) is 6.15. The molecule has 0 radical (unpaired) electrons. The lowest BCUT2D eigenvalue weighted by Gasteiger charge is -2.56. The van der Waals surface area contributed by atoms with Crippen LogP contribution < -0.4 is 10.6 Å². The van der Waals surface area contributed by atoms with Crippen LogP contribution >= 0.6 is 0 Å². The lowest BCUT2D eigenvalue weighted by molar-refractivity contribution is -0.0498. The molecule has 0 heterocycles. The maximum absolute atomic E-state index is 12.4. The van der Waals surface area contributed by atoms with Crippen molar-refractivity contribution < 1.29 is 4.79 Å². The standard InChI is InChI=1S/C22H32N2O/c1-3-16-4-6-20(7-5-16)15(2)24-21(25)23-14-22-11-17-8-18(12-22)10-19(9-17)13-22/h4-7,15,17-19H,3,8-14H2,1-2H3,(H2,23,24,25). The maximum atomic E-state index is 12.4. The Balaban J connectivity index is 1.30. The molecule has 4 aliphatic carbocycles. The summed E-state index contributed by atoms with van der Waals surface area (Å²) in [6.07, 6.45) is 9.43. The molecule has 1 aromatic carbocycles. The minimum atomic E-state index is -0.0113. The molecule has 1 aromatic rings. The molecule has 0 aliphatic heterocycles. The zero-order valence-corrected chi connectivity index (χ0v) is 15.7. The average Bonchev–Trinajstić information content (AvgIpc) is 2.59. The van der Waals surface area contributed by atoms with Gasteiger partial charge in [0.2, 0.25) is 0 Å². The molecule has 4 saturated carbocycles. The van der Waals surface area contributed by atoms with Crippen molar-refractivity contribution >= 4 is 6.03 Å². The second-order valence-electron chi connectivity index (χ2n) is 9.06. The van der Waals surface area contributed by atoms with Gasteiger partial charge in [0.05, 0.1) is 6.04 Å². The van der Waals surface area contributed by atoms with Crippen LogP contribution in [-0.4, -0.2) is 12.6 Å². The largest absolute Gasteiger partial charge is 0.338 e. The summed E-state index contributed by atoms with van der Waals surface area (Å²) in [5.41, 5.74) is 2.90. The number of rotatable bonds is 5. The third kappa shape index (κ3) is 3.56. The summed E-state index contributed by atoms with van der Waals surface area (Å²) in [4.78, 5) is 12.4. The predicted octanol–water partition coefficient (Wildman–Crippen LogP) is 4.83. The Kier molecular flexibility index (Phi) is 4.51. The predicted molar refractivity (Wildman–Crippen MR) is 101 cm³/mol. The fourth-order valence-corrected chi connectivity index (χ4v) is 6.15. The van der Waals surface area contributed by atoms with E-state index < -0.39 is 0 Å². The maximum Gasteiger partial charge on any atom is 0.315 e. The average molecular weight is 341 g/mol. The number of carbonyl (C=O) groups excluding carboxylic acids is 1. The van der Waals surface area contributed by atoms with Crippen LogP contribution in [0.4, 0.5) is 4.79 Å². The van der Waals surface area contributed by atoms with Crippen LogP contribution in [0.25, 0.3) is 0 Å². The second kappa shape index (κ2) is 6.66. The molecule has 3 nitrogen and oxygen atoms in total. The van der Waals surface area contributed by atoms with E-state index >= 15 is 0 Å². The van der Waals surface area contributed by atoms with Gasteiger partial charge >= 0.3 is 6.03 Å². The van der Waals surface area contributed by atoms with E-state index in [0.29, 0.717) is 5.41 Å². The Morgan fingerprint density at radius 1 is 1.08 bits per heavy atom. The van der Waals surface area contributed by atoms with Gasteiger partial charge in [-0.05, 0) is 86.2 Å². The van der Waals surface area contributed by atoms with E-state index in [0.717, 1.165) is 30.7 Å². The first-order chi connectivity index (χ1) is 12.0. The fraction of sp³-hybridized carbons (Fsp3) is 0.682. The van der Waals surface area contributed by atoms with Crippen LogP contribution in [0.15, 0.2) is 24.3 Å². The normalized spacial score (nSPS) is 33.9. The summed E-state index contributed by atoms with van der Waals surface area (Å²) in [5.74, 6) is 2.81.